The van der Waals surface area contributed by atoms with Crippen molar-refractivity contribution >= 4 is 23.2 Å². The van der Waals surface area contributed by atoms with Crippen LogP contribution in [0.4, 0.5) is 20.2 Å². The quantitative estimate of drug-likeness (QED) is 0.466. The predicted molar refractivity (Wildman–Crippen MR) is 121 cm³/mol. The van der Waals surface area contributed by atoms with Gasteiger partial charge in [-0.25, -0.2) is 8.78 Å². The van der Waals surface area contributed by atoms with Crippen LogP contribution in [0.15, 0.2) is 60.7 Å². The van der Waals surface area contributed by atoms with E-state index in [4.69, 9.17) is 9.47 Å². The van der Waals surface area contributed by atoms with Gasteiger partial charge in [0.05, 0.1) is 11.7 Å². The van der Waals surface area contributed by atoms with E-state index in [2.05, 4.69) is 10.6 Å². The molecule has 1 unspecified atom stereocenters. The molecule has 1 atom stereocenters. The van der Waals surface area contributed by atoms with E-state index in [-0.39, 0.29) is 28.7 Å². The van der Waals surface area contributed by atoms with E-state index in [0.717, 1.165) is 31.6 Å². The maximum absolute atomic E-state index is 13.3. The van der Waals surface area contributed by atoms with Crippen LogP contribution >= 0.6 is 0 Å². The number of rotatable bonds is 7. The molecule has 0 radical (unpaired) electrons. The molecule has 0 aliphatic carbocycles. The molecule has 0 saturated carbocycles. The Kier molecular flexibility index (Phi) is 7.03. The number of phenolic OH excluding ortho intramolecular Hbond substituents is 1. The molecule has 0 bridgehead atoms. The summed E-state index contributed by atoms with van der Waals surface area (Å²) in [6.45, 7) is 1.23. The average molecular weight is 468 g/mol. The third-order valence-electron chi connectivity index (χ3n) is 5.20. The van der Waals surface area contributed by atoms with E-state index in [1.54, 1.807) is 24.3 Å². The lowest BCUT2D eigenvalue weighted by Crippen LogP contribution is -2.16. The highest BCUT2D eigenvalue weighted by Gasteiger charge is 2.17. The molecule has 1 saturated heterocycles. The number of amides is 2. The number of phenols is 1. The number of benzene rings is 3. The van der Waals surface area contributed by atoms with Crippen LogP contribution in [0, 0.1) is 11.6 Å². The Labute approximate surface area is 194 Å². The number of hydrogen-bond donors (Lipinski definition) is 3. The topological polar surface area (TPSA) is 96.9 Å². The molecule has 3 aromatic carbocycles. The van der Waals surface area contributed by atoms with Crippen molar-refractivity contribution in [3.05, 3.63) is 83.4 Å². The summed E-state index contributed by atoms with van der Waals surface area (Å²) in [5, 5.41) is 15.4. The fourth-order valence-electron chi connectivity index (χ4n) is 3.49. The Balaban J connectivity index is 1.35. The van der Waals surface area contributed by atoms with Gasteiger partial charge < -0.3 is 25.2 Å². The van der Waals surface area contributed by atoms with Crippen molar-refractivity contribution in [1.29, 1.82) is 0 Å². The minimum Gasteiger partial charge on any atom is -0.507 e. The van der Waals surface area contributed by atoms with Gasteiger partial charge in [-0.3, -0.25) is 9.59 Å². The second-order valence-electron chi connectivity index (χ2n) is 7.77. The number of halogens is 2. The first-order valence-corrected chi connectivity index (χ1v) is 10.6. The second kappa shape index (κ2) is 10.3. The molecule has 1 heterocycles. The lowest BCUT2D eigenvalue weighted by Gasteiger charge is -2.12. The highest BCUT2D eigenvalue weighted by Crippen LogP contribution is 2.25. The molecule has 176 valence electrons. The van der Waals surface area contributed by atoms with E-state index >= 15 is 0 Å². The SMILES string of the molecule is O=C(Nc1ccc(C(=O)Nc2ccc(OCC3CCCO3)cc2)c(O)c1)c1cc(F)cc(F)c1. The molecular weight excluding hydrogens is 446 g/mol. The summed E-state index contributed by atoms with van der Waals surface area (Å²) in [5.74, 6) is -2.83. The van der Waals surface area contributed by atoms with Gasteiger partial charge in [0.25, 0.3) is 11.8 Å². The summed E-state index contributed by atoms with van der Waals surface area (Å²) in [6.07, 6.45) is 2.11. The van der Waals surface area contributed by atoms with Crippen molar-refractivity contribution in [1.82, 2.24) is 0 Å². The van der Waals surface area contributed by atoms with Gasteiger partial charge in [-0.15, -0.1) is 0 Å². The zero-order chi connectivity index (χ0) is 24.1. The van der Waals surface area contributed by atoms with Gasteiger partial charge in [0.1, 0.15) is 29.7 Å². The zero-order valence-corrected chi connectivity index (χ0v) is 18.0. The zero-order valence-electron chi connectivity index (χ0n) is 18.0. The molecule has 9 heteroatoms. The first kappa shape index (κ1) is 23.2. The maximum Gasteiger partial charge on any atom is 0.259 e. The molecule has 1 aliphatic rings. The normalized spacial score (nSPS) is 15.1. The summed E-state index contributed by atoms with van der Waals surface area (Å²) in [6, 6.07) is 13.1. The third-order valence-corrected chi connectivity index (χ3v) is 5.20. The Morgan fingerprint density at radius 3 is 2.26 bits per heavy atom. The number of carbonyl (C=O) groups is 2. The van der Waals surface area contributed by atoms with Gasteiger partial charge in [-0.2, -0.15) is 0 Å². The van der Waals surface area contributed by atoms with Crippen LogP contribution in [-0.2, 0) is 4.74 Å². The summed E-state index contributed by atoms with van der Waals surface area (Å²) in [7, 11) is 0. The highest BCUT2D eigenvalue weighted by atomic mass is 19.1. The van der Waals surface area contributed by atoms with Crippen LogP contribution in [-0.4, -0.2) is 36.2 Å². The Hall–Kier alpha value is -3.98. The fourth-order valence-corrected chi connectivity index (χ4v) is 3.49. The van der Waals surface area contributed by atoms with Gasteiger partial charge >= 0.3 is 0 Å². The van der Waals surface area contributed by atoms with Gasteiger partial charge in [0, 0.05) is 35.7 Å². The number of carbonyl (C=O) groups excluding carboxylic acids is 2. The van der Waals surface area contributed by atoms with Crippen molar-refractivity contribution in [2.45, 2.75) is 18.9 Å². The van der Waals surface area contributed by atoms with Crippen molar-refractivity contribution in [2.24, 2.45) is 0 Å². The molecule has 1 aliphatic heterocycles. The number of ether oxygens (including phenoxy) is 2. The summed E-state index contributed by atoms with van der Waals surface area (Å²) < 4.78 is 37.8. The van der Waals surface area contributed by atoms with Crippen molar-refractivity contribution in [2.75, 3.05) is 23.8 Å². The number of anilines is 2. The lowest BCUT2D eigenvalue weighted by atomic mass is 10.1. The van der Waals surface area contributed by atoms with E-state index in [1.165, 1.54) is 18.2 Å². The smallest absolute Gasteiger partial charge is 0.259 e. The lowest BCUT2D eigenvalue weighted by molar-refractivity contribution is 0.0679. The third kappa shape index (κ3) is 5.87. The summed E-state index contributed by atoms with van der Waals surface area (Å²) >= 11 is 0. The van der Waals surface area contributed by atoms with Gasteiger partial charge in [0.15, 0.2) is 0 Å². The molecule has 2 amide bonds. The highest BCUT2D eigenvalue weighted by molar-refractivity contribution is 6.07. The molecule has 7 nitrogen and oxygen atoms in total. The molecule has 0 aromatic heterocycles. The van der Waals surface area contributed by atoms with Crippen LogP contribution in [0.3, 0.4) is 0 Å². The molecule has 0 spiro atoms. The van der Waals surface area contributed by atoms with E-state index in [1.807, 2.05) is 0 Å². The van der Waals surface area contributed by atoms with Crippen LogP contribution in [0.25, 0.3) is 0 Å². The van der Waals surface area contributed by atoms with E-state index in [0.29, 0.717) is 24.1 Å². The van der Waals surface area contributed by atoms with E-state index < -0.39 is 23.4 Å². The number of hydrogen-bond acceptors (Lipinski definition) is 5. The average Bonchev–Trinajstić information content (AvgIpc) is 3.32. The van der Waals surface area contributed by atoms with Crippen LogP contribution in [0.2, 0.25) is 0 Å². The minimum atomic E-state index is -0.887. The summed E-state index contributed by atoms with van der Waals surface area (Å²) in [5.41, 5.74) is 0.409. The largest absolute Gasteiger partial charge is 0.507 e. The van der Waals surface area contributed by atoms with Gasteiger partial charge in [0.2, 0.25) is 0 Å². The molecule has 3 N–H and O–H groups in total. The first-order chi connectivity index (χ1) is 16.4. The van der Waals surface area contributed by atoms with Crippen molar-refractivity contribution in [3.63, 3.8) is 0 Å². The van der Waals surface area contributed by atoms with Crippen LogP contribution in [0.1, 0.15) is 33.6 Å². The van der Waals surface area contributed by atoms with Crippen LogP contribution in [0.5, 0.6) is 11.5 Å². The Bertz CT molecular complexity index is 1170. The fraction of sp³-hybridized carbons (Fsp3) is 0.200. The minimum absolute atomic E-state index is 0.0199. The standard InChI is InChI=1S/C25H22F2N2O5/c26-16-10-15(11-17(27)12-16)24(31)29-19-5-8-22(23(30)13-19)25(32)28-18-3-6-20(7-4-18)34-14-21-2-1-9-33-21/h3-8,10-13,21,30H,1-2,9,14H2,(H,28,32)(H,29,31). The summed E-state index contributed by atoms with van der Waals surface area (Å²) in [4.78, 5) is 24.8. The number of aromatic hydroxyl groups is 1. The Morgan fingerprint density at radius 1 is 0.941 bits per heavy atom. The molecule has 4 rings (SSSR count). The van der Waals surface area contributed by atoms with Gasteiger partial charge in [-0.1, -0.05) is 0 Å². The Morgan fingerprint density at radius 2 is 1.62 bits per heavy atom. The number of nitrogens with one attached hydrogen (secondary N) is 2. The second-order valence-corrected chi connectivity index (χ2v) is 7.77. The first-order valence-electron chi connectivity index (χ1n) is 10.6. The monoisotopic (exact) mass is 468 g/mol. The predicted octanol–water partition coefficient (Wildman–Crippen LogP) is 4.73. The molecular formula is C25H22F2N2O5. The molecule has 1 fully saturated rings. The van der Waals surface area contributed by atoms with E-state index in [9.17, 15) is 23.5 Å². The van der Waals surface area contributed by atoms with Crippen molar-refractivity contribution < 1.29 is 33.0 Å². The maximum atomic E-state index is 13.3. The molecule has 34 heavy (non-hydrogen) atoms. The molecule has 3 aromatic rings. The van der Waals surface area contributed by atoms with Gasteiger partial charge in [-0.05, 0) is 61.4 Å². The van der Waals surface area contributed by atoms with Crippen LogP contribution < -0.4 is 15.4 Å². The van der Waals surface area contributed by atoms with Crippen molar-refractivity contribution in [3.8, 4) is 11.5 Å².